The number of hydrogen-bond acceptors (Lipinski definition) is 5. The molecule has 0 aliphatic carbocycles. The number of rotatable bonds is 6. The van der Waals surface area contributed by atoms with Crippen molar-refractivity contribution < 1.29 is 9.59 Å². The van der Waals surface area contributed by atoms with Crippen LogP contribution >= 0.6 is 0 Å². The maximum absolute atomic E-state index is 12.4. The number of carbonyl (C=O) groups is 2. The average molecular weight is 430 g/mol. The van der Waals surface area contributed by atoms with Gasteiger partial charge in [0.05, 0.1) is 0 Å². The first-order valence-electron chi connectivity index (χ1n) is 10.8. The van der Waals surface area contributed by atoms with Crippen LogP contribution in [0.5, 0.6) is 0 Å². The van der Waals surface area contributed by atoms with Crippen LogP contribution < -0.4 is 22.3 Å². The van der Waals surface area contributed by atoms with Crippen LogP contribution in [0.4, 0.5) is 0 Å². The summed E-state index contributed by atoms with van der Waals surface area (Å²) in [6.07, 6.45) is 8.97. The van der Waals surface area contributed by atoms with Crippen LogP contribution in [-0.2, 0) is 16.1 Å². The van der Waals surface area contributed by atoms with Crippen molar-refractivity contribution in [3.63, 3.8) is 0 Å². The molecule has 0 aromatic heterocycles. The van der Waals surface area contributed by atoms with E-state index in [0.717, 1.165) is 24.0 Å². The Morgan fingerprint density at radius 2 is 1.90 bits per heavy atom. The maximum Gasteiger partial charge on any atom is 0.243 e. The standard InChI is InChI=1S/C19H24N2O2.C3H9N3.C2H6/c1-4-15-7-9-16(10-8-15)13-20-19(23)17-6-5-11-21(17)18(22)12-14(2)3;1-3(4)2-6-5;1-2/h1,7-10,14,17H,5-6,11-13H2,2-3H3,(H,20,23);2,6H,4-5H2,1H3;1-2H3/b;3-2-;. The van der Waals surface area contributed by atoms with E-state index in [2.05, 4.69) is 16.7 Å². The van der Waals surface area contributed by atoms with E-state index in [4.69, 9.17) is 18.0 Å². The van der Waals surface area contributed by atoms with Gasteiger partial charge in [0.15, 0.2) is 0 Å². The van der Waals surface area contributed by atoms with Gasteiger partial charge in [0.25, 0.3) is 0 Å². The minimum absolute atomic E-state index is 0.0689. The zero-order valence-electron chi connectivity index (χ0n) is 19.6. The van der Waals surface area contributed by atoms with Crippen molar-refractivity contribution in [2.24, 2.45) is 17.5 Å². The number of nitrogens with zero attached hydrogens (tertiary/aromatic N) is 1. The lowest BCUT2D eigenvalue weighted by Crippen LogP contribution is -2.46. The summed E-state index contributed by atoms with van der Waals surface area (Å²) in [6, 6.07) is 7.20. The Kier molecular flexibility index (Phi) is 14.3. The molecule has 0 spiro atoms. The third-order valence-electron chi connectivity index (χ3n) is 4.36. The van der Waals surface area contributed by atoms with E-state index in [9.17, 15) is 9.59 Å². The third-order valence-corrected chi connectivity index (χ3v) is 4.36. The Morgan fingerprint density at radius 1 is 1.29 bits per heavy atom. The van der Waals surface area contributed by atoms with Crippen molar-refractivity contribution in [1.82, 2.24) is 15.6 Å². The highest BCUT2D eigenvalue weighted by molar-refractivity contribution is 5.88. The van der Waals surface area contributed by atoms with Gasteiger partial charge in [0, 0.05) is 37.0 Å². The molecule has 1 saturated heterocycles. The highest BCUT2D eigenvalue weighted by Crippen LogP contribution is 2.20. The average Bonchev–Trinajstić information content (AvgIpc) is 3.24. The van der Waals surface area contributed by atoms with Gasteiger partial charge in [-0.1, -0.05) is 45.7 Å². The van der Waals surface area contributed by atoms with Crippen LogP contribution in [0.2, 0.25) is 0 Å². The van der Waals surface area contributed by atoms with E-state index >= 15 is 0 Å². The lowest BCUT2D eigenvalue weighted by molar-refractivity contribution is -0.139. The molecule has 1 unspecified atom stereocenters. The molecule has 172 valence electrons. The normalized spacial score (nSPS) is 15.1. The zero-order chi connectivity index (χ0) is 23.8. The predicted molar refractivity (Wildman–Crippen MR) is 127 cm³/mol. The van der Waals surface area contributed by atoms with Crippen LogP contribution in [0.3, 0.4) is 0 Å². The maximum atomic E-state index is 12.4. The Morgan fingerprint density at radius 3 is 2.35 bits per heavy atom. The van der Waals surface area contributed by atoms with Gasteiger partial charge in [0.1, 0.15) is 6.04 Å². The second-order valence-electron chi connectivity index (χ2n) is 7.46. The van der Waals surface area contributed by atoms with Gasteiger partial charge in [0.2, 0.25) is 11.8 Å². The van der Waals surface area contributed by atoms with Crippen molar-refractivity contribution in [3.8, 4) is 12.3 Å². The third kappa shape index (κ3) is 11.1. The Balaban J connectivity index is 0.000000970. The van der Waals surface area contributed by atoms with Gasteiger partial charge in [-0.2, -0.15) is 0 Å². The van der Waals surface area contributed by atoms with E-state index < -0.39 is 0 Å². The van der Waals surface area contributed by atoms with Crippen molar-refractivity contribution in [2.45, 2.75) is 66.5 Å². The lowest BCUT2D eigenvalue weighted by atomic mass is 10.1. The fourth-order valence-corrected chi connectivity index (χ4v) is 2.96. The highest BCUT2D eigenvalue weighted by Gasteiger charge is 2.33. The molecular weight excluding hydrogens is 390 g/mol. The Bertz CT molecular complexity index is 731. The quantitative estimate of drug-likeness (QED) is 0.315. The summed E-state index contributed by atoms with van der Waals surface area (Å²) >= 11 is 0. The Hall–Kier alpha value is -2.98. The second kappa shape index (κ2) is 15.8. The lowest BCUT2D eigenvalue weighted by Gasteiger charge is -2.24. The SMILES string of the molecule is C#Cc1ccc(CNC(=O)C2CCCN2C(=O)CC(C)C)cc1.C/C(N)=C/NN.CC. The first kappa shape index (κ1) is 28.0. The number of allylic oxidation sites excluding steroid dienone is 1. The monoisotopic (exact) mass is 429 g/mol. The summed E-state index contributed by atoms with van der Waals surface area (Å²) in [7, 11) is 0. The largest absolute Gasteiger partial charge is 0.401 e. The van der Waals surface area contributed by atoms with E-state index in [0.29, 0.717) is 31.1 Å². The minimum Gasteiger partial charge on any atom is -0.401 e. The number of hydrogen-bond donors (Lipinski definition) is 4. The summed E-state index contributed by atoms with van der Waals surface area (Å²) < 4.78 is 0. The molecule has 1 aromatic rings. The number of likely N-dealkylation sites (tertiary alicyclic amines) is 1. The number of benzene rings is 1. The molecule has 1 atom stereocenters. The van der Waals surface area contributed by atoms with Crippen LogP contribution in [0, 0.1) is 18.3 Å². The molecule has 7 heteroatoms. The number of carbonyl (C=O) groups excluding carboxylic acids is 2. The number of hydrazine groups is 1. The van der Waals surface area contributed by atoms with Gasteiger partial charge in [-0.15, -0.1) is 6.42 Å². The summed E-state index contributed by atoms with van der Waals surface area (Å²) in [5.41, 5.74) is 9.90. The molecular formula is C24H39N5O2. The Labute approximate surface area is 187 Å². The first-order chi connectivity index (χ1) is 14.8. The van der Waals surface area contributed by atoms with E-state index in [1.807, 2.05) is 52.0 Å². The number of terminal acetylenes is 1. The minimum atomic E-state index is -0.328. The molecule has 1 aliphatic rings. The highest BCUT2D eigenvalue weighted by atomic mass is 16.2. The summed E-state index contributed by atoms with van der Waals surface area (Å²) in [4.78, 5) is 26.4. The molecule has 31 heavy (non-hydrogen) atoms. The molecule has 0 radical (unpaired) electrons. The number of nitrogens with one attached hydrogen (secondary N) is 2. The molecule has 1 heterocycles. The second-order valence-corrected chi connectivity index (χ2v) is 7.46. The zero-order valence-corrected chi connectivity index (χ0v) is 19.6. The summed E-state index contributed by atoms with van der Waals surface area (Å²) in [5, 5.41) is 2.93. The topological polar surface area (TPSA) is 113 Å². The molecule has 1 aromatic carbocycles. The molecule has 1 aliphatic heterocycles. The van der Waals surface area contributed by atoms with Gasteiger partial charge in [-0.05, 0) is 43.4 Å². The van der Waals surface area contributed by atoms with Crippen molar-refractivity contribution in [1.29, 1.82) is 0 Å². The molecule has 1 fully saturated rings. The van der Waals surface area contributed by atoms with Crippen molar-refractivity contribution >= 4 is 11.8 Å². The van der Waals surface area contributed by atoms with E-state index in [1.165, 1.54) is 6.20 Å². The van der Waals surface area contributed by atoms with Crippen LogP contribution in [-0.4, -0.2) is 29.3 Å². The summed E-state index contributed by atoms with van der Waals surface area (Å²) in [5.74, 6) is 7.71. The number of amides is 2. The van der Waals surface area contributed by atoms with Crippen LogP contribution in [0.25, 0.3) is 0 Å². The van der Waals surface area contributed by atoms with Crippen LogP contribution in [0.15, 0.2) is 36.2 Å². The van der Waals surface area contributed by atoms with E-state index in [-0.39, 0.29) is 17.9 Å². The molecule has 7 nitrogen and oxygen atoms in total. The van der Waals surface area contributed by atoms with Gasteiger partial charge >= 0.3 is 0 Å². The fraction of sp³-hybridized carbons (Fsp3) is 0.500. The predicted octanol–water partition coefficient (Wildman–Crippen LogP) is 2.62. The van der Waals surface area contributed by atoms with Gasteiger partial charge in [-0.3, -0.25) is 15.4 Å². The van der Waals surface area contributed by atoms with Crippen LogP contribution in [0.1, 0.15) is 65.0 Å². The fourth-order valence-electron chi connectivity index (χ4n) is 2.96. The van der Waals surface area contributed by atoms with Gasteiger partial charge < -0.3 is 21.4 Å². The molecule has 2 rings (SSSR count). The van der Waals surface area contributed by atoms with Gasteiger partial charge in [-0.25, -0.2) is 0 Å². The smallest absolute Gasteiger partial charge is 0.243 e. The molecule has 6 N–H and O–H groups in total. The van der Waals surface area contributed by atoms with Crippen molar-refractivity contribution in [3.05, 3.63) is 47.3 Å². The molecule has 2 amide bonds. The summed E-state index contributed by atoms with van der Waals surface area (Å²) in [6.45, 7) is 10.9. The number of nitrogens with two attached hydrogens (primary N) is 2. The molecule has 0 bridgehead atoms. The van der Waals surface area contributed by atoms with Crippen molar-refractivity contribution in [2.75, 3.05) is 6.54 Å². The van der Waals surface area contributed by atoms with E-state index in [1.54, 1.807) is 11.8 Å². The molecule has 0 saturated carbocycles. The first-order valence-corrected chi connectivity index (χ1v) is 10.8.